The zero-order valence-corrected chi connectivity index (χ0v) is 31.8. The monoisotopic (exact) mass is 888 g/mol. The molecule has 0 atom stereocenters. The number of benzene rings is 7. The van der Waals surface area contributed by atoms with Gasteiger partial charge in [-0.1, -0.05) is 144 Å². The molecular weight excluding hydrogens is 862 g/mol. The van der Waals surface area contributed by atoms with Gasteiger partial charge in [-0.15, -0.1) is 5.39 Å². The Balaban J connectivity index is 0.00000341. The molecule has 0 bridgehead atoms. The van der Waals surface area contributed by atoms with Gasteiger partial charge in [0.2, 0.25) is 5.95 Å². The SMILES string of the molecule is [Pt].[c-]1cccc2c3cccc4c3n(c12)-c1nc2c(-[n+]3[c-]n(-c5nc6ccccc6[n-]5)c5ccccc53)cccc2n1[Si]4(c1ccccc1)c1ccccc1. The Morgan fingerprint density at radius 3 is 2.15 bits per heavy atom. The number of aromatic nitrogens is 7. The van der Waals surface area contributed by atoms with Crippen LogP contribution in [0.15, 0.2) is 164 Å². The minimum atomic E-state index is -3.05. The second kappa shape index (κ2) is 11.6. The zero-order chi connectivity index (χ0) is 34.7. The summed E-state index contributed by atoms with van der Waals surface area (Å²) in [5, 5.41) is 6.29. The predicted octanol–water partition coefficient (Wildman–Crippen LogP) is 6.29. The molecule has 0 radical (unpaired) electrons. The molecule has 0 aliphatic carbocycles. The minimum Gasteiger partial charge on any atom is -0.438 e. The first-order chi connectivity index (χ1) is 26.3. The van der Waals surface area contributed by atoms with Crippen LogP contribution in [0.5, 0.6) is 0 Å². The van der Waals surface area contributed by atoms with E-state index in [9.17, 15) is 0 Å². The van der Waals surface area contributed by atoms with Crippen LogP contribution in [0, 0.1) is 12.4 Å². The van der Waals surface area contributed by atoms with Gasteiger partial charge in [-0.05, 0) is 50.1 Å². The third kappa shape index (κ3) is 4.01. The Bertz CT molecular complexity index is 3180. The zero-order valence-electron chi connectivity index (χ0n) is 28.5. The van der Waals surface area contributed by atoms with E-state index in [2.05, 4.69) is 153 Å². The van der Waals surface area contributed by atoms with Crippen molar-refractivity contribution in [1.82, 2.24) is 28.3 Å². The van der Waals surface area contributed by atoms with Crippen LogP contribution in [0.4, 0.5) is 0 Å². The topological polar surface area (TPSA) is 58.5 Å². The molecule has 1 aliphatic rings. The number of fused-ring (bicyclic) bond motifs is 9. The minimum absolute atomic E-state index is 0. The average molecular weight is 889 g/mol. The molecule has 0 amide bonds. The Labute approximate surface area is 324 Å². The van der Waals surface area contributed by atoms with Crippen LogP contribution in [0.1, 0.15) is 0 Å². The molecule has 54 heavy (non-hydrogen) atoms. The second-order valence-electron chi connectivity index (χ2n) is 13.6. The average Bonchev–Trinajstić information content (AvgIpc) is 4.00. The van der Waals surface area contributed by atoms with E-state index in [0.717, 1.165) is 50.3 Å². The summed E-state index contributed by atoms with van der Waals surface area (Å²) in [6.45, 7) is 0. The fourth-order valence-corrected chi connectivity index (χ4v) is 13.7. The predicted molar refractivity (Wildman–Crippen MR) is 212 cm³/mol. The van der Waals surface area contributed by atoms with Gasteiger partial charge in [0.15, 0.2) is 0 Å². The number of imidazole rings is 3. The molecule has 7 nitrogen and oxygen atoms in total. The fraction of sp³-hybridized carbons (Fsp3) is 0. The first kappa shape index (κ1) is 31.2. The van der Waals surface area contributed by atoms with Gasteiger partial charge in [-0.2, -0.15) is 24.3 Å². The molecule has 0 saturated heterocycles. The number of para-hydroxylation sites is 7. The van der Waals surface area contributed by atoms with Crippen molar-refractivity contribution in [1.29, 1.82) is 0 Å². The van der Waals surface area contributed by atoms with Crippen molar-refractivity contribution >= 4 is 78.7 Å². The number of rotatable bonds is 4. The molecule has 9 heteroatoms. The van der Waals surface area contributed by atoms with Gasteiger partial charge in [0.05, 0.1) is 17.5 Å². The summed E-state index contributed by atoms with van der Waals surface area (Å²) in [5.74, 6) is 1.48. The Hall–Kier alpha value is -6.34. The van der Waals surface area contributed by atoms with Crippen molar-refractivity contribution in [2.75, 3.05) is 0 Å². The summed E-state index contributed by atoms with van der Waals surface area (Å²) in [4.78, 5) is 15.5. The van der Waals surface area contributed by atoms with Crippen molar-refractivity contribution < 1.29 is 25.6 Å². The van der Waals surface area contributed by atoms with Crippen LogP contribution in [-0.4, -0.2) is 31.6 Å². The standard InChI is InChI=1S/C45H27N7Si.Pt/c1-3-15-30(16-4-1)53(31-17-5-2-6-18-31)41-28-13-20-33-32-19-7-10-23-36(32)51(43(33)41)45-48-42-39(26-14-27-40(42)52(45)53)49-29-50(38-25-12-11-24-37(38)49)44-46-34-21-8-9-22-35(34)47-44;/h1-22,24-28H;/q-2;. The Kier molecular flexibility index (Phi) is 6.69. The molecule has 5 heterocycles. The first-order valence-electron chi connectivity index (χ1n) is 17.7. The summed E-state index contributed by atoms with van der Waals surface area (Å²) in [5.41, 5.74) is 8.76. The van der Waals surface area contributed by atoms with E-state index in [-0.39, 0.29) is 21.1 Å². The second-order valence-corrected chi connectivity index (χ2v) is 17.1. The maximum absolute atomic E-state index is 5.71. The molecule has 0 spiro atoms. The van der Waals surface area contributed by atoms with Crippen LogP contribution in [0.3, 0.4) is 0 Å². The van der Waals surface area contributed by atoms with Crippen LogP contribution >= 0.6 is 0 Å². The smallest absolute Gasteiger partial charge is 0.262 e. The van der Waals surface area contributed by atoms with E-state index in [0.29, 0.717) is 5.95 Å². The third-order valence-electron chi connectivity index (χ3n) is 10.9. The van der Waals surface area contributed by atoms with Gasteiger partial charge in [0.1, 0.15) is 5.52 Å². The molecule has 0 fully saturated rings. The number of hydrogen-bond acceptors (Lipinski definition) is 2. The van der Waals surface area contributed by atoms with Gasteiger partial charge in [-0.25, -0.2) is 4.98 Å². The van der Waals surface area contributed by atoms with Crippen molar-refractivity contribution in [2.45, 2.75) is 0 Å². The van der Waals surface area contributed by atoms with E-state index in [1.54, 1.807) is 0 Å². The van der Waals surface area contributed by atoms with Gasteiger partial charge >= 0.3 is 0 Å². The maximum Gasteiger partial charge on any atom is 0.262 e. The quantitative estimate of drug-likeness (QED) is 0.119. The molecular formula is C45H27N7PtSi-2. The molecule has 7 aromatic carbocycles. The molecule has 0 saturated carbocycles. The summed E-state index contributed by atoms with van der Waals surface area (Å²) < 4.78 is 9.02. The van der Waals surface area contributed by atoms with Crippen molar-refractivity contribution in [3.63, 3.8) is 0 Å². The molecule has 0 N–H and O–H groups in total. The largest absolute Gasteiger partial charge is 0.438 e. The molecule has 12 rings (SSSR count). The van der Waals surface area contributed by atoms with E-state index in [4.69, 9.17) is 15.0 Å². The van der Waals surface area contributed by atoms with Crippen LogP contribution in [-0.2, 0) is 21.1 Å². The van der Waals surface area contributed by atoms with Gasteiger partial charge in [0, 0.05) is 32.1 Å². The third-order valence-corrected chi connectivity index (χ3v) is 15.5. The fourth-order valence-electron chi connectivity index (χ4n) is 8.76. The number of nitrogens with zero attached hydrogens (tertiary/aromatic N) is 7. The van der Waals surface area contributed by atoms with Gasteiger partial charge < -0.3 is 27.9 Å². The molecule has 258 valence electrons. The summed E-state index contributed by atoms with van der Waals surface area (Å²) in [6.07, 6.45) is 3.66. The molecule has 11 aromatic rings. The summed E-state index contributed by atoms with van der Waals surface area (Å²) in [6, 6.07) is 61.7. The Morgan fingerprint density at radius 2 is 1.33 bits per heavy atom. The van der Waals surface area contributed by atoms with E-state index >= 15 is 0 Å². The normalized spacial score (nSPS) is 13.2. The van der Waals surface area contributed by atoms with Crippen molar-refractivity contribution in [2.24, 2.45) is 0 Å². The van der Waals surface area contributed by atoms with Crippen LogP contribution < -0.4 is 25.1 Å². The molecule has 1 aliphatic heterocycles. The van der Waals surface area contributed by atoms with E-state index < -0.39 is 8.24 Å². The summed E-state index contributed by atoms with van der Waals surface area (Å²) in [7, 11) is -3.05. The van der Waals surface area contributed by atoms with E-state index in [1.807, 2.05) is 41.0 Å². The van der Waals surface area contributed by atoms with Gasteiger partial charge in [0.25, 0.3) is 8.24 Å². The maximum atomic E-state index is 5.71. The number of hydrogen-bond donors (Lipinski definition) is 0. The first-order valence-corrected chi connectivity index (χ1v) is 19.7. The summed E-state index contributed by atoms with van der Waals surface area (Å²) >= 11 is 0. The molecule has 4 aromatic heterocycles. The van der Waals surface area contributed by atoms with Crippen LogP contribution in [0.2, 0.25) is 0 Å². The van der Waals surface area contributed by atoms with Crippen molar-refractivity contribution in [3.8, 4) is 17.6 Å². The van der Waals surface area contributed by atoms with Crippen LogP contribution in [0.25, 0.3) is 72.5 Å². The van der Waals surface area contributed by atoms with Gasteiger partial charge in [-0.3, -0.25) is 0 Å². The Morgan fingerprint density at radius 1 is 0.630 bits per heavy atom. The van der Waals surface area contributed by atoms with Crippen molar-refractivity contribution in [3.05, 3.63) is 176 Å². The molecule has 0 unspecified atom stereocenters. The van der Waals surface area contributed by atoms with E-state index in [1.165, 1.54) is 31.8 Å².